The summed E-state index contributed by atoms with van der Waals surface area (Å²) in [6, 6.07) is 20.1. The zero-order valence-corrected chi connectivity index (χ0v) is 12.2. The summed E-state index contributed by atoms with van der Waals surface area (Å²) in [5, 5.41) is 3.25. The van der Waals surface area contributed by atoms with E-state index in [2.05, 4.69) is 17.4 Å². The van der Waals surface area contributed by atoms with Crippen molar-refractivity contribution >= 4 is 5.91 Å². The summed E-state index contributed by atoms with van der Waals surface area (Å²) in [6.45, 7) is 0.666. The van der Waals surface area contributed by atoms with Gasteiger partial charge in [-0.1, -0.05) is 60.7 Å². The third kappa shape index (κ3) is 5.40. The first-order valence-corrected chi connectivity index (χ1v) is 7.36. The Morgan fingerprint density at radius 1 is 0.952 bits per heavy atom. The lowest BCUT2D eigenvalue weighted by Crippen LogP contribution is -2.40. The number of amides is 1. The van der Waals surface area contributed by atoms with Gasteiger partial charge in [-0.2, -0.15) is 0 Å². The molecule has 1 amide bonds. The van der Waals surface area contributed by atoms with E-state index in [0.29, 0.717) is 6.54 Å². The van der Waals surface area contributed by atoms with Gasteiger partial charge < -0.3 is 11.1 Å². The molecule has 0 fully saturated rings. The van der Waals surface area contributed by atoms with E-state index in [4.69, 9.17) is 5.73 Å². The fraction of sp³-hybridized carbons (Fsp3) is 0.278. The van der Waals surface area contributed by atoms with E-state index in [1.165, 1.54) is 5.56 Å². The van der Waals surface area contributed by atoms with Gasteiger partial charge in [-0.15, -0.1) is 0 Å². The third-order valence-corrected chi connectivity index (χ3v) is 3.54. The van der Waals surface area contributed by atoms with Crippen LogP contribution in [-0.4, -0.2) is 11.9 Å². The second-order valence-corrected chi connectivity index (χ2v) is 5.20. The van der Waals surface area contributed by atoms with Gasteiger partial charge >= 0.3 is 0 Å². The Balaban J connectivity index is 1.78. The summed E-state index contributed by atoms with van der Waals surface area (Å²) in [4.78, 5) is 11.5. The molecule has 0 spiro atoms. The molecule has 0 heterocycles. The van der Waals surface area contributed by atoms with Crippen LogP contribution < -0.4 is 11.1 Å². The van der Waals surface area contributed by atoms with Crippen LogP contribution in [0.15, 0.2) is 60.7 Å². The molecule has 110 valence electrons. The molecule has 0 aliphatic heterocycles. The van der Waals surface area contributed by atoms with Crippen LogP contribution in [0.4, 0.5) is 0 Å². The molecule has 0 aliphatic carbocycles. The minimum atomic E-state index is -0.279. The Hall–Kier alpha value is -2.13. The minimum absolute atomic E-state index is 0.270. The van der Waals surface area contributed by atoms with E-state index in [0.717, 1.165) is 24.8 Å². The maximum absolute atomic E-state index is 11.5. The zero-order chi connectivity index (χ0) is 14.9. The lowest BCUT2D eigenvalue weighted by Gasteiger charge is -2.15. The van der Waals surface area contributed by atoms with Crippen molar-refractivity contribution in [2.75, 3.05) is 0 Å². The summed E-state index contributed by atoms with van der Waals surface area (Å²) in [5.41, 5.74) is 7.93. The predicted molar refractivity (Wildman–Crippen MR) is 85.6 cm³/mol. The van der Waals surface area contributed by atoms with Crippen LogP contribution in [0.2, 0.25) is 0 Å². The van der Waals surface area contributed by atoms with E-state index in [-0.39, 0.29) is 11.9 Å². The van der Waals surface area contributed by atoms with Crippen molar-refractivity contribution < 1.29 is 4.79 Å². The van der Waals surface area contributed by atoms with Gasteiger partial charge in [0.2, 0.25) is 5.91 Å². The molecule has 2 aromatic rings. The van der Waals surface area contributed by atoms with Crippen LogP contribution in [-0.2, 0) is 17.8 Å². The largest absolute Gasteiger partial charge is 0.368 e. The molecule has 0 saturated carbocycles. The highest BCUT2D eigenvalue weighted by atomic mass is 16.1. The molecule has 0 bridgehead atoms. The lowest BCUT2D eigenvalue weighted by atomic mass is 10.0. The first-order chi connectivity index (χ1) is 10.3. The van der Waals surface area contributed by atoms with Crippen molar-refractivity contribution in [2.45, 2.75) is 31.8 Å². The highest BCUT2D eigenvalue weighted by molar-refractivity contribution is 5.79. The summed E-state index contributed by atoms with van der Waals surface area (Å²) >= 11 is 0. The van der Waals surface area contributed by atoms with Crippen LogP contribution in [0.3, 0.4) is 0 Å². The standard InChI is InChI=1S/C18H22N2O/c19-18(21)17(20-14-16-10-5-2-6-11-16)13-7-12-15-8-3-1-4-9-15/h1-6,8-11,17,20H,7,12-14H2,(H2,19,21). The molecule has 2 aromatic carbocycles. The number of rotatable bonds is 8. The fourth-order valence-electron chi connectivity index (χ4n) is 2.34. The van der Waals surface area contributed by atoms with Crippen molar-refractivity contribution in [1.29, 1.82) is 0 Å². The molecule has 3 nitrogen and oxygen atoms in total. The van der Waals surface area contributed by atoms with Gasteiger partial charge in [0.25, 0.3) is 0 Å². The first-order valence-electron chi connectivity index (χ1n) is 7.36. The predicted octanol–water partition coefficient (Wildman–Crippen LogP) is 2.65. The molecule has 2 rings (SSSR count). The highest BCUT2D eigenvalue weighted by Crippen LogP contribution is 2.07. The number of carbonyl (C=O) groups is 1. The Morgan fingerprint density at radius 2 is 1.52 bits per heavy atom. The topological polar surface area (TPSA) is 55.1 Å². The summed E-state index contributed by atoms with van der Waals surface area (Å²) in [7, 11) is 0. The Bertz CT molecular complexity index is 540. The maximum atomic E-state index is 11.5. The van der Waals surface area contributed by atoms with Crippen molar-refractivity contribution in [3.8, 4) is 0 Å². The number of carbonyl (C=O) groups excluding carboxylic acids is 1. The average Bonchev–Trinajstić information content (AvgIpc) is 2.52. The fourth-order valence-corrected chi connectivity index (χ4v) is 2.34. The van der Waals surface area contributed by atoms with Gasteiger partial charge in [0, 0.05) is 6.54 Å². The molecule has 0 radical (unpaired) electrons. The molecule has 21 heavy (non-hydrogen) atoms. The second-order valence-electron chi connectivity index (χ2n) is 5.20. The minimum Gasteiger partial charge on any atom is -0.368 e. The van der Waals surface area contributed by atoms with E-state index >= 15 is 0 Å². The van der Waals surface area contributed by atoms with Crippen LogP contribution in [0, 0.1) is 0 Å². The molecular weight excluding hydrogens is 260 g/mol. The van der Waals surface area contributed by atoms with Gasteiger partial charge in [0.15, 0.2) is 0 Å². The van der Waals surface area contributed by atoms with Gasteiger partial charge in [-0.3, -0.25) is 4.79 Å². The number of nitrogens with two attached hydrogens (primary N) is 1. The van der Waals surface area contributed by atoms with E-state index in [9.17, 15) is 4.79 Å². The number of aryl methyl sites for hydroxylation is 1. The van der Waals surface area contributed by atoms with Crippen LogP contribution in [0.25, 0.3) is 0 Å². The van der Waals surface area contributed by atoms with Crippen molar-refractivity contribution in [3.63, 3.8) is 0 Å². The SMILES string of the molecule is NC(=O)C(CCCc1ccccc1)NCc1ccccc1. The highest BCUT2D eigenvalue weighted by Gasteiger charge is 2.13. The first kappa shape index (κ1) is 15.3. The summed E-state index contributed by atoms with van der Waals surface area (Å²) in [6.07, 6.45) is 2.67. The maximum Gasteiger partial charge on any atom is 0.234 e. The Labute approximate surface area is 126 Å². The molecule has 0 aliphatic rings. The molecular formula is C18H22N2O. The van der Waals surface area contributed by atoms with Crippen LogP contribution in [0.5, 0.6) is 0 Å². The number of primary amides is 1. The molecule has 1 atom stereocenters. The van der Waals surface area contributed by atoms with Gasteiger partial charge in [-0.25, -0.2) is 0 Å². The number of nitrogens with one attached hydrogen (secondary N) is 1. The third-order valence-electron chi connectivity index (χ3n) is 3.54. The normalized spacial score (nSPS) is 12.0. The van der Waals surface area contributed by atoms with Gasteiger partial charge in [0.1, 0.15) is 0 Å². The van der Waals surface area contributed by atoms with Crippen LogP contribution >= 0.6 is 0 Å². The zero-order valence-electron chi connectivity index (χ0n) is 12.2. The van der Waals surface area contributed by atoms with E-state index < -0.39 is 0 Å². The number of hydrogen-bond donors (Lipinski definition) is 2. The molecule has 0 saturated heterocycles. The molecule has 3 heteroatoms. The second kappa shape index (κ2) is 8.22. The quantitative estimate of drug-likeness (QED) is 0.782. The average molecular weight is 282 g/mol. The number of hydrogen-bond acceptors (Lipinski definition) is 2. The Kier molecular flexibility index (Phi) is 5.98. The van der Waals surface area contributed by atoms with Crippen LogP contribution in [0.1, 0.15) is 24.0 Å². The smallest absolute Gasteiger partial charge is 0.234 e. The van der Waals surface area contributed by atoms with Gasteiger partial charge in [-0.05, 0) is 30.4 Å². The van der Waals surface area contributed by atoms with E-state index in [1.54, 1.807) is 0 Å². The monoisotopic (exact) mass is 282 g/mol. The summed E-state index contributed by atoms with van der Waals surface area (Å²) in [5.74, 6) is -0.279. The van der Waals surface area contributed by atoms with E-state index in [1.807, 2.05) is 48.5 Å². The molecule has 3 N–H and O–H groups in total. The number of benzene rings is 2. The Morgan fingerprint density at radius 3 is 2.10 bits per heavy atom. The van der Waals surface area contributed by atoms with Crippen molar-refractivity contribution in [1.82, 2.24) is 5.32 Å². The summed E-state index contributed by atoms with van der Waals surface area (Å²) < 4.78 is 0. The lowest BCUT2D eigenvalue weighted by molar-refractivity contribution is -0.120. The van der Waals surface area contributed by atoms with Gasteiger partial charge in [0.05, 0.1) is 6.04 Å². The molecule has 0 aromatic heterocycles. The van der Waals surface area contributed by atoms with Crippen molar-refractivity contribution in [2.24, 2.45) is 5.73 Å². The molecule has 1 unspecified atom stereocenters. The van der Waals surface area contributed by atoms with Crippen molar-refractivity contribution in [3.05, 3.63) is 71.8 Å².